The summed E-state index contributed by atoms with van der Waals surface area (Å²) in [5.74, 6) is 0. The summed E-state index contributed by atoms with van der Waals surface area (Å²) in [6, 6.07) is 20.2. The molecular weight excluding hydrogens is 474 g/mol. The number of rotatable bonds is 13. The van der Waals surface area contributed by atoms with Gasteiger partial charge in [-0.3, -0.25) is 0 Å². The molecule has 4 nitrogen and oxygen atoms in total. The van der Waals surface area contributed by atoms with Gasteiger partial charge in [0, 0.05) is 12.4 Å². The van der Waals surface area contributed by atoms with E-state index in [1.807, 2.05) is 57.2 Å². The summed E-state index contributed by atoms with van der Waals surface area (Å²) in [5.41, 5.74) is 1.19. The fourth-order valence-corrected chi connectivity index (χ4v) is 4.92. The fourth-order valence-electron chi connectivity index (χ4n) is 3.63. The molecule has 0 fully saturated rings. The molecule has 0 amide bonds. The lowest BCUT2D eigenvalue weighted by atomic mass is 9.78. The maximum atomic E-state index is 13.3. The van der Waals surface area contributed by atoms with E-state index in [2.05, 4.69) is 44.9 Å². The summed E-state index contributed by atoms with van der Waals surface area (Å²) in [6.07, 6.45) is 4.03. The van der Waals surface area contributed by atoms with E-state index < -0.39 is 21.3 Å². The fraction of sp³-hybridized carbons (Fsp3) is 0.520. The minimum atomic E-state index is -1.25. The van der Waals surface area contributed by atoms with Crippen molar-refractivity contribution in [3.05, 3.63) is 71.8 Å². The van der Waals surface area contributed by atoms with E-state index in [0.717, 1.165) is 42.1 Å². The van der Waals surface area contributed by atoms with Crippen LogP contribution in [0.2, 0.25) is 0 Å². The zero-order valence-corrected chi connectivity index (χ0v) is 21.5. The number of unbranched alkanes of at least 4 members (excludes halogenated alkanes) is 2. The largest absolute Gasteiger partial charge is 0.359 e. The second-order valence-electron chi connectivity index (χ2n) is 8.61. The molecule has 0 unspecified atom stereocenters. The number of hydrogen-bond acceptors (Lipinski definition) is 3. The molecule has 2 rings (SSSR count). The molecule has 6 heteroatoms. The second kappa shape index (κ2) is 12.9. The lowest BCUT2D eigenvalue weighted by Gasteiger charge is -2.42. The number of hydrogen-bond donors (Lipinski definition) is 1. The highest BCUT2D eigenvalue weighted by molar-refractivity contribution is 9.09. The molecule has 2 aromatic rings. The average molecular weight is 511 g/mol. The first-order chi connectivity index (χ1) is 14.9. The molecule has 1 N–H and O–H groups in total. The Kier molecular flexibility index (Phi) is 10.9. The van der Waals surface area contributed by atoms with E-state index in [1.165, 1.54) is 0 Å². The quantitative estimate of drug-likeness (QED) is 0.207. The van der Waals surface area contributed by atoms with Gasteiger partial charge in [0.15, 0.2) is 0 Å². The Bertz CT molecular complexity index is 741. The van der Waals surface area contributed by atoms with Crippen molar-refractivity contribution >= 4 is 26.9 Å². The van der Waals surface area contributed by atoms with Crippen LogP contribution in [0.3, 0.4) is 0 Å². The Hall–Kier alpha value is -1.05. The van der Waals surface area contributed by atoms with E-state index in [1.54, 1.807) is 7.11 Å². The first-order valence-electron chi connectivity index (χ1n) is 10.8. The van der Waals surface area contributed by atoms with Crippen LogP contribution in [0.5, 0.6) is 0 Å². The summed E-state index contributed by atoms with van der Waals surface area (Å²) in [4.78, 5) is 0. The van der Waals surface area contributed by atoms with Gasteiger partial charge in [-0.15, -0.1) is 0 Å². The van der Waals surface area contributed by atoms with Gasteiger partial charge in [0.2, 0.25) is 0 Å². The van der Waals surface area contributed by atoms with Crippen LogP contribution in [0.25, 0.3) is 0 Å². The third kappa shape index (κ3) is 7.22. The summed E-state index contributed by atoms with van der Waals surface area (Å²) in [7, 11) is 0.377. The van der Waals surface area contributed by atoms with Gasteiger partial charge in [0.25, 0.3) is 0 Å². The highest BCUT2D eigenvalue weighted by Crippen LogP contribution is 2.39. The van der Waals surface area contributed by atoms with Gasteiger partial charge in [-0.2, -0.15) is 0 Å². The first-order valence-corrected chi connectivity index (χ1v) is 13.1. The molecule has 2 atom stereocenters. The van der Waals surface area contributed by atoms with Gasteiger partial charge in [0.1, 0.15) is 12.4 Å². The van der Waals surface area contributed by atoms with Crippen LogP contribution in [0.1, 0.15) is 57.6 Å². The maximum Gasteiger partial charge on any atom is 0.148 e. The predicted molar refractivity (Wildman–Crippen MR) is 134 cm³/mol. The maximum absolute atomic E-state index is 13.3. The third-order valence-corrected chi connectivity index (χ3v) is 7.40. The van der Waals surface area contributed by atoms with Gasteiger partial charge in [-0.25, -0.2) is 8.93 Å². The number of alkyl halides is 1. The SMILES string of the molecule is COCOC(c1ccccc1)(c1ccccc1)[C@@H](CCCCCBr)N[S@@](=O)C(C)(C)C. The van der Waals surface area contributed by atoms with Crippen LogP contribution in [0.15, 0.2) is 60.7 Å². The molecule has 0 saturated carbocycles. The van der Waals surface area contributed by atoms with E-state index in [9.17, 15) is 4.21 Å². The van der Waals surface area contributed by atoms with Gasteiger partial charge >= 0.3 is 0 Å². The Morgan fingerprint density at radius 2 is 1.48 bits per heavy atom. The van der Waals surface area contributed by atoms with E-state index in [4.69, 9.17) is 9.47 Å². The zero-order chi connectivity index (χ0) is 22.7. The van der Waals surface area contributed by atoms with Crippen molar-refractivity contribution < 1.29 is 13.7 Å². The highest BCUT2D eigenvalue weighted by atomic mass is 79.9. The van der Waals surface area contributed by atoms with Crippen molar-refractivity contribution in [1.82, 2.24) is 4.72 Å². The molecule has 31 heavy (non-hydrogen) atoms. The Morgan fingerprint density at radius 1 is 0.935 bits per heavy atom. The normalized spacial score (nSPS) is 14.4. The minimum absolute atomic E-state index is 0.130. The third-order valence-electron chi connectivity index (χ3n) is 5.23. The minimum Gasteiger partial charge on any atom is -0.359 e. The molecule has 2 aromatic carbocycles. The molecule has 0 radical (unpaired) electrons. The van der Waals surface area contributed by atoms with Gasteiger partial charge in [-0.05, 0) is 44.7 Å². The monoisotopic (exact) mass is 509 g/mol. The Labute approximate surface area is 198 Å². The number of benzene rings is 2. The van der Waals surface area contributed by atoms with Crippen molar-refractivity contribution in [2.24, 2.45) is 0 Å². The van der Waals surface area contributed by atoms with Crippen LogP contribution in [0.4, 0.5) is 0 Å². The smallest absolute Gasteiger partial charge is 0.148 e. The topological polar surface area (TPSA) is 47.6 Å². The van der Waals surface area contributed by atoms with E-state index >= 15 is 0 Å². The number of nitrogens with one attached hydrogen (secondary N) is 1. The molecule has 0 spiro atoms. The molecule has 172 valence electrons. The molecule has 0 aliphatic heterocycles. The number of halogens is 1. The molecule has 0 saturated heterocycles. The number of ether oxygens (including phenoxy) is 2. The van der Waals surface area contributed by atoms with Crippen molar-refractivity contribution in [3.63, 3.8) is 0 Å². The van der Waals surface area contributed by atoms with E-state index in [-0.39, 0.29) is 12.8 Å². The van der Waals surface area contributed by atoms with Crippen LogP contribution in [-0.4, -0.2) is 34.2 Å². The summed E-state index contributed by atoms with van der Waals surface area (Å²) in [6.45, 7) is 6.09. The molecule has 0 aromatic heterocycles. The van der Waals surface area contributed by atoms with Gasteiger partial charge < -0.3 is 9.47 Å². The van der Waals surface area contributed by atoms with Crippen molar-refractivity contribution in [1.29, 1.82) is 0 Å². The Morgan fingerprint density at radius 3 is 1.94 bits per heavy atom. The summed E-state index contributed by atoms with van der Waals surface area (Å²) >= 11 is 3.52. The lowest BCUT2D eigenvalue weighted by Crippen LogP contribution is -2.54. The lowest BCUT2D eigenvalue weighted by molar-refractivity contribution is -0.129. The van der Waals surface area contributed by atoms with Crippen molar-refractivity contribution in [2.75, 3.05) is 19.2 Å². The zero-order valence-electron chi connectivity index (χ0n) is 19.1. The van der Waals surface area contributed by atoms with Crippen LogP contribution < -0.4 is 4.72 Å². The molecule has 0 aliphatic rings. The molecule has 0 heterocycles. The molecule has 0 aliphatic carbocycles. The Balaban J connectivity index is 2.61. The number of methoxy groups -OCH3 is 1. The highest BCUT2D eigenvalue weighted by Gasteiger charge is 2.44. The van der Waals surface area contributed by atoms with Gasteiger partial charge in [0.05, 0.1) is 21.8 Å². The second-order valence-corrected chi connectivity index (χ2v) is 11.4. The first kappa shape index (κ1) is 26.2. The summed E-state index contributed by atoms with van der Waals surface area (Å²) < 4.78 is 28.2. The summed E-state index contributed by atoms with van der Waals surface area (Å²) in [5, 5.41) is 0.988. The molecule has 0 bridgehead atoms. The standard InChI is InChI=1S/C25H36BrNO3S/c1-24(2,3)31(28)27-23(18-12-7-13-19-26)25(30-20-29-4,21-14-8-5-9-15-21)22-16-10-6-11-17-22/h5-6,8-11,14-17,23,27H,7,12-13,18-20H2,1-4H3/t23-,31+/m1/s1. The van der Waals surface area contributed by atoms with Gasteiger partial charge in [-0.1, -0.05) is 89.4 Å². The predicted octanol–water partition coefficient (Wildman–Crippen LogP) is 5.93. The van der Waals surface area contributed by atoms with Crippen molar-refractivity contribution in [2.45, 2.75) is 62.8 Å². The average Bonchev–Trinajstić information content (AvgIpc) is 2.77. The van der Waals surface area contributed by atoms with Crippen molar-refractivity contribution in [3.8, 4) is 0 Å². The molecular formula is C25H36BrNO3S. The van der Waals surface area contributed by atoms with Crippen LogP contribution in [-0.2, 0) is 26.1 Å². The van der Waals surface area contributed by atoms with E-state index in [0.29, 0.717) is 0 Å². The van der Waals surface area contributed by atoms with Crippen LogP contribution in [0, 0.1) is 0 Å². The van der Waals surface area contributed by atoms with Crippen LogP contribution >= 0.6 is 15.9 Å².